The Balaban J connectivity index is 3.13. The number of carbonyl (C=O) groups is 1. The van der Waals surface area contributed by atoms with E-state index in [0.29, 0.717) is 5.75 Å². The predicted octanol–water partition coefficient (Wildman–Crippen LogP) is 1.07. The lowest BCUT2D eigenvalue weighted by Crippen LogP contribution is -2.22. The van der Waals surface area contributed by atoms with Gasteiger partial charge in [0.1, 0.15) is 0 Å². The standard InChI is InChI=1S/C10H12N2O6/c1-16-7-4-3-6(5-8(7)17-2)9(12(14)15)18-10(11)13/h3-5,9H,1-2H3,(H2,11,13). The number of ether oxygens (including phenoxy) is 3. The van der Waals surface area contributed by atoms with Crippen LogP contribution in [0, 0.1) is 10.1 Å². The van der Waals surface area contributed by atoms with Crippen LogP contribution in [0.5, 0.6) is 11.5 Å². The van der Waals surface area contributed by atoms with Crippen LogP contribution in [0.3, 0.4) is 0 Å². The van der Waals surface area contributed by atoms with E-state index in [0.717, 1.165) is 0 Å². The van der Waals surface area contributed by atoms with Crippen LogP contribution in [0.15, 0.2) is 18.2 Å². The molecule has 0 fully saturated rings. The highest BCUT2D eigenvalue weighted by molar-refractivity contribution is 5.64. The normalized spacial score (nSPS) is 11.4. The van der Waals surface area contributed by atoms with Crippen molar-refractivity contribution >= 4 is 6.09 Å². The van der Waals surface area contributed by atoms with Gasteiger partial charge >= 0.3 is 12.3 Å². The van der Waals surface area contributed by atoms with E-state index < -0.39 is 17.2 Å². The molecule has 1 rings (SSSR count). The van der Waals surface area contributed by atoms with Crippen LogP contribution in [-0.2, 0) is 4.74 Å². The number of methoxy groups -OCH3 is 2. The lowest BCUT2D eigenvalue weighted by atomic mass is 10.2. The van der Waals surface area contributed by atoms with E-state index in [-0.39, 0.29) is 11.3 Å². The van der Waals surface area contributed by atoms with Crippen molar-refractivity contribution in [3.63, 3.8) is 0 Å². The van der Waals surface area contributed by atoms with Gasteiger partial charge in [0.25, 0.3) is 0 Å². The fraction of sp³-hybridized carbons (Fsp3) is 0.300. The predicted molar refractivity (Wildman–Crippen MR) is 59.9 cm³/mol. The van der Waals surface area contributed by atoms with Gasteiger partial charge in [0, 0.05) is 0 Å². The molecule has 2 N–H and O–H groups in total. The molecule has 0 heterocycles. The molecule has 0 radical (unpaired) electrons. The van der Waals surface area contributed by atoms with Crippen molar-refractivity contribution in [2.24, 2.45) is 5.73 Å². The largest absolute Gasteiger partial charge is 0.493 e. The number of rotatable bonds is 5. The molecular formula is C10H12N2O6. The average Bonchev–Trinajstić information content (AvgIpc) is 2.34. The summed E-state index contributed by atoms with van der Waals surface area (Å²) in [6, 6.07) is 4.20. The van der Waals surface area contributed by atoms with Crippen molar-refractivity contribution < 1.29 is 23.9 Å². The second kappa shape index (κ2) is 5.71. The van der Waals surface area contributed by atoms with E-state index in [4.69, 9.17) is 15.2 Å². The Hall–Kier alpha value is -2.51. The summed E-state index contributed by atoms with van der Waals surface area (Å²) < 4.78 is 14.4. The van der Waals surface area contributed by atoms with Crippen molar-refractivity contribution in [2.45, 2.75) is 6.23 Å². The van der Waals surface area contributed by atoms with Crippen LogP contribution in [0.25, 0.3) is 0 Å². The van der Waals surface area contributed by atoms with Crippen LogP contribution in [0.2, 0.25) is 0 Å². The van der Waals surface area contributed by atoms with Gasteiger partial charge in [0.15, 0.2) is 11.5 Å². The zero-order valence-corrected chi connectivity index (χ0v) is 9.78. The number of benzene rings is 1. The number of nitro groups is 1. The molecule has 0 aliphatic rings. The fourth-order valence-electron chi connectivity index (χ4n) is 1.35. The van der Waals surface area contributed by atoms with E-state index in [9.17, 15) is 14.9 Å². The van der Waals surface area contributed by atoms with E-state index in [2.05, 4.69) is 4.74 Å². The first-order chi connectivity index (χ1) is 8.49. The van der Waals surface area contributed by atoms with E-state index in [1.165, 1.54) is 32.4 Å². The minimum atomic E-state index is -1.68. The first-order valence-electron chi connectivity index (χ1n) is 4.81. The first-order valence-corrected chi connectivity index (χ1v) is 4.81. The van der Waals surface area contributed by atoms with Crippen LogP contribution in [-0.4, -0.2) is 25.2 Å². The molecule has 0 aromatic heterocycles. The second-order valence-electron chi connectivity index (χ2n) is 3.19. The Labute approximate surface area is 102 Å². The van der Waals surface area contributed by atoms with Crippen molar-refractivity contribution in [2.75, 3.05) is 14.2 Å². The molecule has 1 atom stereocenters. The zero-order chi connectivity index (χ0) is 13.7. The summed E-state index contributed by atoms with van der Waals surface area (Å²) in [6.07, 6.45) is -2.91. The van der Waals surface area contributed by atoms with Crippen molar-refractivity contribution in [1.29, 1.82) is 0 Å². The topological polar surface area (TPSA) is 114 Å². The molecule has 1 aromatic rings. The molecular weight excluding hydrogens is 244 g/mol. The summed E-state index contributed by atoms with van der Waals surface area (Å²) in [5.41, 5.74) is 4.90. The molecule has 0 aliphatic heterocycles. The lowest BCUT2D eigenvalue weighted by molar-refractivity contribution is -0.574. The van der Waals surface area contributed by atoms with Crippen LogP contribution >= 0.6 is 0 Å². The molecule has 0 saturated carbocycles. The SMILES string of the molecule is COc1ccc(C(OC(N)=O)[N+](=O)[O-])cc1OC. The highest BCUT2D eigenvalue weighted by atomic mass is 16.7. The van der Waals surface area contributed by atoms with Crippen LogP contribution in [0.4, 0.5) is 4.79 Å². The van der Waals surface area contributed by atoms with Gasteiger partial charge in [-0.05, 0) is 18.2 Å². The number of nitrogens with two attached hydrogens (primary N) is 1. The van der Waals surface area contributed by atoms with Crippen molar-refractivity contribution in [3.8, 4) is 11.5 Å². The fourth-order valence-corrected chi connectivity index (χ4v) is 1.35. The number of amides is 1. The number of hydrogen-bond donors (Lipinski definition) is 1. The maximum atomic E-state index is 10.8. The maximum Gasteiger partial charge on any atom is 0.409 e. The molecule has 18 heavy (non-hydrogen) atoms. The zero-order valence-electron chi connectivity index (χ0n) is 9.78. The highest BCUT2D eigenvalue weighted by Gasteiger charge is 2.27. The molecule has 8 nitrogen and oxygen atoms in total. The monoisotopic (exact) mass is 256 g/mol. The molecule has 0 bridgehead atoms. The third-order valence-corrected chi connectivity index (χ3v) is 2.11. The van der Waals surface area contributed by atoms with E-state index in [1.807, 2.05) is 0 Å². The highest BCUT2D eigenvalue weighted by Crippen LogP contribution is 2.31. The number of carbonyl (C=O) groups excluding carboxylic acids is 1. The van der Waals surface area contributed by atoms with Crippen molar-refractivity contribution in [3.05, 3.63) is 33.9 Å². The molecule has 8 heteroatoms. The van der Waals surface area contributed by atoms with Gasteiger partial charge in [-0.1, -0.05) is 0 Å². The summed E-state index contributed by atoms with van der Waals surface area (Å²) in [6.45, 7) is 0. The van der Waals surface area contributed by atoms with Gasteiger partial charge in [-0.25, -0.2) is 4.79 Å². The van der Waals surface area contributed by atoms with Gasteiger partial charge in [0.2, 0.25) is 0 Å². The number of hydrogen-bond acceptors (Lipinski definition) is 6. The Morgan fingerprint density at radius 2 is 1.94 bits per heavy atom. The Kier molecular flexibility index (Phi) is 4.30. The Morgan fingerprint density at radius 1 is 1.33 bits per heavy atom. The first kappa shape index (κ1) is 13.6. The van der Waals surface area contributed by atoms with Crippen LogP contribution in [0.1, 0.15) is 11.8 Å². The number of primary amides is 1. The number of nitrogens with zero attached hydrogens (tertiary/aromatic N) is 1. The van der Waals surface area contributed by atoms with E-state index >= 15 is 0 Å². The minimum absolute atomic E-state index is 0.122. The summed E-state index contributed by atoms with van der Waals surface area (Å²) in [4.78, 5) is 20.6. The Bertz CT molecular complexity index is 462. The summed E-state index contributed by atoms with van der Waals surface area (Å²) in [5.74, 6) is 0.692. The second-order valence-corrected chi connectivity index (χ2v) is 3.19. The molecule has 0 aliphatic carbocycles. The molecule has 0 spiro atoms. The smallest absolute Gasteiger partial charge is 0.409 e. The lowest BCUT2D eigenvalue weighted by Gasteiger charge is -2.12. The third-order valence-electron chi connectivity index (χ3n) is 2.11. The van der Waals surface area contributed by atoms with Gasteiger partial charge < -0.3 is 19.9 Å². The summed E-state index contributed by atoms with van der Waals surface area (Å²) in [7, 11) is 2.82. The summed E-state index contributed by atoms with van der Waals surface area (Å²) in [5, 5.41) is 10.8. The van der Waals surface area contributed by atoms with Crippen LogP contribution < -0.4 is 15.2 Å². The average molecular weight is 256 g/mol. The van der Waals surface area contributed by atoms with Crippen molar-refractivity contribution in [1.82, 2.24) is 0 Å². The molecule has 98 valence electrons. The minimum Gasteiger partial charge on any atom is -0.493 e. The molecule has 1 unspecified atom stereocenters. The van der Waals surface area contributed by atoms with Gasteiger partial charge in [-0.3, -0.25) is 10.1 Å². The molecule has 1 amide bonds. The Morgan fingerprint density at radius 3 is 2.39 bits per heavy atom. The third kappa shape index (κ3) is 3.00. The van der Waals surface area contributed by atoms with Gasteiger partial charge in [0.05, 0.1) is 24.7 Å². The maximum absolute atomic E-state index is 10.8. The molecule has 1 aromatic carbocycles. The van der Waals surface area contributed by atoms with E-state index in [1.54, 1.807) is 0 Å². The summed E-state index contributed by atoms with van der Waals surface area (Å²) >= 11 is 0. The van der Waals surface area contributed by atoms with Gasteiger partial charge in [-0.15, -0.1) is 0 Å². The quantitative estimate of drug-likeness (QED) is 0.479. The van der Waals surface area contributed by atoms with Gasteiger partial charge in [-0.2, -0.15) is 0 Å². The molecule has 0 saturated heterocycles.